The van der Waals surface area contributed by atoms with Gasteiger partial charge < -0.3 is 8.83 Å². The molecule has 0 aliphatic heterocycles. The van der Waals surface area contributed by atoms with E-state index in [9.17, 15) is 0 Å². The smallest absolute Gasteiger partial charge is 0.172 e. The third kappa shape index (κ3) is 3.28. The summed E-state index contributed by atoms with van der Waals surface area (Å²) in [4.78, 5) is 9.83. The average molecular weight is 563 g/mol. The lowest BCUT2D eigenvalue weighted by molar-refractivity contribution is 0.666. The highest BCUT2D eigenvalue weighted by atomic mass is 16.3. The monoisotopic (exact) mass is 562 g/mol. The number of furan rings is 2. The lowest BCUT2D eigenvalue weighted by atomic mass is 9.93. The van der Waals surface area contributed by atoms with Gasteiger partial charge in [-0.25, -0.2) is 9.97 Å². The molecule has 0 atom stereocenters. The zero-order chi connectivity index (χ0) is 28.8. The molecule has 44 heavy (non-hydrogen) atoms. The Labute approximate surface area is 250 Å². The second-order valence-corrected chi connectivity index (χ2v) is 11.4. The van der Waals surface area contributed by atoms with Crippen LogP contribution in [-0.4, -0.2) is 9.97 Å². The number of hydrogen-bond acceptors (Lipinski definition) is 4. The highest BCUT2D eigenvalue weighted by Gasteiger charge is 2.17. The summed E-state index contributed by atoms with van der Waals surface area (Å²) in [5.74, 6) is 0.655. The van der Waals surface area contributed by atoms with Gasteiger partial charge >= 0.3 is 0 Å². The summed E-state index contributed by atoms with van der Waals surface area (Å²) in [7, 11) is 0. The topological polar surface area (TPSA) is 52.1 Å². The first kappa shape index (κ1) is 23.6. The predicted octanol–water partition coefficient (Wildman–Crippen LogP) is 11.1. The fraction of sp³-hybridized carbons (Fsp3) is 0. The van der Waals surface area contributed by atoms with E-state index in [1.165, 1.54) is 32.3 Å². The van der Waals surface area contributed by atoms with Gasteiger partial charge in [0.05, 0.1) is 6.20 Å². The number of hydrogen-bond donors (Lipinski definition) is 0. The Kier molecular flexibility index (Phi) is 4.69. The minimum absolute atomic E-state index is 0.655. The highest BCUT2D eigenvalue weighted by Crippen LogP contribution is 2.40. The Bertz CT molecular complexity index is 2790. The SMILES string of the molecule is c1cc(-c2ncc3oc4cc5c6ccccc6c6ccccc6c5cc4c3n2)cc(-c2cccc3c2oc2ccccc23)c1. The van der Waals surface area contributed by atoms with E-state index in [4.69, 9.17) is 18.8 Å². The third-order valence-corrected chi connectivity index (χ3v) is 8.91. The van der Waals surface area contributed by atoms with Crippen LogP contribution in [0.2, 0.25) is 0 Å². The van der Waals surface area contributed by atoms with Gasteiger partial charge in [-0.15, -0.1) is 0 Å². The molecular weight excluding hydrogens is 540 g/mol. The minimum Gasteiger partial charge on any atom is -0.455 e. The lowest BCUT2D eigenvalue weighted by Gasteiger charge is -2.10. The van der Waals surface area contributed by atoms with Crippen LogP contribution in [0, 0.1) is 0 Å². The van der Waals surface area contributed by atoms with Crippen molar-refractivity contribution in [2.45, 2.75) is 0 Å². The van der Waals surface area contributed by atoms with E-state index in [2.05, 4.69) is 109 Å². The van der Waals surface area contributed by atoms with Crippen LogP contribution in [0.5, 0.6) is 0 Å². The van der Waals surface area contributed by atoms with Crippen LogP contribution >= 0.6 is 0 Å². The van der Waals surface area contributed by atoms with E-state index in [0.29, 0.717) is 11.4 Å². The molecule has 0 unspecified atom stereocenters. The van der Waals surface area contributed by atoms with Gasteiger partial charge in [0.15, 0.2) is 11.4 Å². The second kappa shape index (κ2) is 8.76. The van der Waals surface area contributed by atoms with Crippen LogP contribution in [0.1, 0.15) is 0 Å². The Balaban J connectivity index is 1.17. The second-order valence-electron chi connectivity index (χ2n) is 11.4. The van der Waals surface area contributed by atoms with Crippen LogP contribution in [0.3, 0.4) is 0 Å². The molecule has 0 spiro atoms. The van der Waals surface area contributed by atoms with E-state index >= 15 is 0 Å². The van der Waals surface area contributed by atoms with Crippen molar-refractivity contribution in [3.8, 4) is 22.5 Å². The molecule has 4 nitrogen and oxygen atoms in total. The van der Waals surface area contributed by atoms with Crippen molar-refractivity contribution in [2.24, 2.45) is 0 Å². The van der Waals surface area contributed by atoms with Crippen LogP contribution in [0.15, 0.2) is 142 Å². The fourth-order valence-electron chi connectivity index (χ4n) is 6.90. The summed E-state index contributed by atoms with van der Waals surface area (Å²) in [6.07, 6.45) is 1.80. The molecule has 0 amide bonds. The van der Waals surface area contributed by atoms with Gasteiger partial charge in [0, 0.05) is 27.3 Å². The molecule has 0 aliphatic carbocycles. The van der Waals surface area contributed by atoms with Crippen molar-refractivity contribution in [2.75, 3.05) is 0 Å². The zero-order valence-electron chi connectivity index (χ0n) is 23.4. The number of benzene rings is 7. The molecule has 0 saturated carbocycles. The van der Waals surface area contributed by atoms with Gasteiger partial charge in [-0.3, -0.25) is 0 Å². The molecule has 0 bridgehead atoms. The lowest BCUT2D eigenvalue weighted by Crippen LogP contribution is -1.89. The summed E-state index contributed by atoms with van der Waals surface area (Å²) >= 11 is 0. The molecule has 10 rings (SSSR count). The van der Waals surface area contributed by atoms with E-state index in [-0.39, 0.29) is 0 Å². The van der Waals surface area contributed by atoms with E-state index < -0.39 is 0 Å². The van der Waals surface area contributed by atoms with E-state index in [1.807, 2.05) is 18.2 Å². The third-order valence-electron chi connectivity index (χ3n) is 8.91. The first-order valence-corrected chi connectivity index (χ1v) is 14.7. The number of fused-ring (bicyclic) bond motifs is 12. The van der Waals surface area contributed by atoms with E-state index in [0.717, 1.165) is 55.1 Å². The minimum atomic E-state index is 0.655. The molecule has 0 fully saturated rings. The van der Waals surface area contributed by atoms with Crippen molar-refractivity contribution in [3.63, 3.8) is 0 Å². The van der Waals surface area contributed by atoms with Gasteiger partial charge in [0.1, 0.15) is 22.3 Å². The molecule has 0 radical (unpaired) electrons. The average Bonchev–Trinajstić information content (AvgIpc) is 3.65. The number of rotatable bonds is 2. The van der Waals surface area contributed by atoms with Gasteiger partial charge in [-0.1, -0.05) is 103 Å². The van der Waals surface area contributed by atoms with Crippen LogP contribution in [-0.2, 0) is 0 Å². The highest BCUT2D eigenvalue weighted by molar-refractivity contribution is 6.28. The molecule has 10 aromatic rings. The van der Waals surface area contributed by atoms with Gasteiger partial charge in [-0.2, -0.15) is 0 Å². The number of para-hydroxylation sites is 2. The van der Waals surface area contributed by atoms with E-state index in [1.54, 1.807) is 6.20 Å². The van der Waals surface area contributed by atoms with Crippen molar-refractivity contribution in [3.05, 3.63) is 134 Å². The normalized spacial score (nSPS) is 12.1. The molecule has 3 aromatic heterocycles. The summed E-state index contributed by atoms with van der Waals surface area (Å²) in [6, 6.07) is 44.4. The largest absolute Gasteiger partial charge is 0.455 e. The van der Waals surface area contributed by atoms with Crippen LogP contribution in [0.25, 0.3) is 98.8 Å². The van der Waals surface area contributed by atoms with Crippen molar-refractivity contribution >= 4 is 76.3 Å². The molecule has 0 N–H and O–H groups in total. The van der Waals surface area contributed by atoms with Gasteiger partial charge in [-0.05, 0) is 62.1 Å². The standard InChI is InChI=1S/C40H22N2O2/c1-3-13-28-26(11-1)27-12-2-4-14-29(27)33-21-36-34(20-32(28)33)38-37(43-36)22-41-40(42-38)24-10-7-9-23(19-24)25-16-8-17-31-30-15-5-6-18-35(30)44-39(25)31/h1-22H. The van der Waals surface area contributed by atoms with Crippen molar-refractivity contribution in [1.29, 1.82) is 0 Å². The molecule has 3 heterocycles. The Morgan fingerprint density at radius 1 is 0.409 bits per heavy atom. The Morgan fingerprint density at radius 2 is 1.05 bits per heavy atom. The molecule has 204 valence electrons. The van der Waals surface area contributed by atoms with Gasteiger partial charge in [0.25, 0.3) is 0 Å². The first-order valence-electron chi connectivity index (χ1n) is 14.7. The summed E-state index contributed by atoms with van der Waals surface area (Å²) < 4.78 is 12.7. The molecule has 0 saturated heterocycles. The number of nitrogens with zero attached hydrogens (tertiary/aromatic N) is 2. The number of aromatic nitrogens is 2. The molecule has 7 aromatic carbocycles. The fourth-order valence-corrected chi connectivity index (χ4v) is 6.90. The van der Waals surface area contributed by atoms with Crippen LogP contribution in [0.4, 0.5) is 0 Å². The summed E-state index contributed by atoms with van der Waals surface area (Å²) in [5, 5.41) is 10.5. The molecule has 4 heteroatoms. The summed E-state index contributed by atoms with van der Waals surface area (Å²) in [5.41, 5.74) is 7.10. The van der Waals surface area contributed by atoms with Crippen LogP contribution < -0.4 is 0 Å². The Morgan fingerprint density at radius 3 is 1.84 bits per heavy atom. The maximum absolute atomic E-state index is 6.35. The summed E-state index contributed by atoms with van der Waals surface area (Å²) in [6.45, 7) is 0. The van der Waals surface area contributed by atoms with Gasteiger partial charge in [0.2, 0.25) is 0 Å². The maximum Gasteiger partial charge on any atom is 0.172 e. The molecule has 0 aliphatic rings. The maximum atomic E-state index is 6.35. The van der Waals surface area contributed by atoms with Crippen molar-refractivity contribution < 1.29 is 8.83 Å². The Hall–Kier alpha value is -6.00. The zero-order valence-corrected chi connectivity index (χ0v) is 23.4. The first-order chi connectivity index (χ1) is 21.8. The predicted molar refractivity (Wildman–Crippen MR) is 180 cm³/mol. The molecular formula is C40H22N2O2. The quantitative estimate of drug-likeness (QED) is 0.197. The van der Waals surface area contributed by atoms with Crippen molar-refractivity contribution in [1.82, 2.24) is 9.97 Å².